The number of aryl methyl sites for hydroxylation is 1. The highest BCUT2D eigenvalue weighted by atomic mass is 32.1. The normalized spacial score (nSPS) is 10.6. The molecule has 0 aliphatic heterocycles. The molecule has 0 radical (unpaired) electrons. The molecule has 1 amide bonds. The molecule has 0 fully saturated rings. The van der Waals surface area contributed by atoms with Crippen molar-refractivity contribution < 1.29 is 9.53 Å². The summed E-state index contributed by atoms with van der Waals surface area (Å²) >= 11 is 1.45. The van der Waals surface area contributed by atoms with Crippen LogP contribution >= 0.6 is 11.3 Å². The van der Waals surface area contributed by atoms with Gasteiger partial charge in [0.1, 0.15) is 5.56 Å². The van der Waals surface area contributed by atoms with Crippen molar-refractivity contribution in [3.8, 4) is 5.88 Å². The van der Waals surface area contributed by atoms with Gasteiger partial charge in [0.25, 0.3) is 5.91 Å². The molecule has 1 aromatic carbocycles. The Morgan fingerprint density at radius 1 is 1.36 bits per heavy atom. The van der Waals surface area contributed by atoms with Crippen molar-refractivity contribution in [2.24, 2.45) is 0 Å². The number of aromatic nitrogens is 2. The smallest absolute Gasteiger partial charge is 0.262 e. The molecule has 0 unspecified atom stereocenters. The Morgan fingerprint density at radius 2 is 2.23 bits per heavy atom. The van der Waals surface area contributed by atoms with Gasteiger partial charge >= 0.3 is 0 Å². The van der Waals surface area contributed by atoms with Gasteiger partial charge in [0.2, 0.25) is 5.88 Å². The second kappa shape index (κ2) is 6.11. The van der Waals surface area contributed by atoms with Crippen LogP contribution in [0, 0.1) is 6.92 Å². The van der Waals surface area contributed by atoms with Crippen molar-refractivity contribution in [3.63, 3.8) is 0 Å². The topological polar surface area (TPSA) is 64.1 Å². The first-order valence-corrected chi connectivity index (χ1v) is 7.75. The van der Waals surface area contributed by atoms with Crippen LogP contribution in [0.5, 0.6) is 5.88 Å². The molecule has 0 spiro atoms. The minimum absolute atomic E-state index is 0.271. The molecular formula is C16H15N3O2S. The number of ether oxygens (including phenoxy) is 1. The SMILES string of the molecule is CCOc1ncccc1C(=O)Nc1nc2ccc(C)cc2s1. The maximum Gasteiger partial charge on any atom is 0.262 e. The van der Waals surface area contributed by atoms with Gasteiger partial charge in [-0.2, -0.15) is 0 Å². The molecule has 22 heavy (non-hydrogen) atoms. The maximum atomic E-state index is 12.4. The lowest BCUT2D eigenvalue weighted by molar-refractivity contribution is 0.102. The molecule has 0 aliphatic rings. The molecule has 0 bridgehead atoms. The van der Waals surface area contributed by atoms with Gasteiger partial charge in [-0.25, -0.2) is 9.97 Å². The zero-order valence-electron chi connectivity index (χ0n) is 12.3. The summed E-state index contributed by atoms with van der Waals surface area (Å²) in [5.74, 6) is 0.0618. The van der Waals surface area contributed by atoms with Crippen molar-refractivity contribution >= 4 is 32.6 Å². The average Bonchev–Trinajstić information content (AvgIpc) is 2.89. The largest absolute Gasteiger partial charge is 0.477 e. The number of nitrogens with one attached hydrogen (secondary N) is 1. The summed E-state index contributed by atoms with van der Waals surface area (Å²) in [6.45, 7) is 4.34. The fourth-order valence-electron chi connectivity index (χ4n) is 2.07. The van der Waals surface area contributed by atoms with Crippen LogP contribution in [0.3, 0.4) is 0 Å². The molecule has 0 saturated carbocycles. The maximum absolute atomic E-state index is 12.4. The van der Waals surface area contributed by atoms with Gasteiger partial charge in [-0.15, -0.1) is 0 Å². The van der Waals surface area contributed by atoms with Crippen LogP contribution in [-0.4, -0.2) is 22.5 Å². The van der Waals surface area contributed by atoms with E-state index in [9.17, 15) is 4.79 Å². The number of pyridine rings is 1. The summed E-state index contributed by atoms with van der Waals surface area (Å²) in [6, 6.07) is 9.40. The van der Waals surface area contributed by atoms with Crippen molar-refractivity contribution in [1.29, 1.82) is 0 Å². The number of nitrogens with zero attached hydrogens (tertiary/aromatic N) is 2. The molecule has 5 nitrogen and oxygen atoms in total. The van der Waals surface area contributed by atoms with Crippen molar-refractivity contribution in [2.75, 3.05) is 11.9 Å². The van der Waals surface area contributed by atoms with Crippen LogP contribution in [0.25, 0.3) is 10.2 Å². The molecule has 0 saturated heterocycles. The highest BCUT2D eigenvalue weighted by Gasteiger charge is 2.15. The Bertz CT molecular complexity index is 829. The predicted octanol–water partition coefficient (Wildman–Crippen LogP) is 3.65. The molecule has 3 aromatic rings. The van der Waals surface area contributed by atoms with Crippen LogP contribution in [-0.2, 0) is 0 Å². The van der Waals surface area contributed by atoms with Gasteiger partial charge in [0, 0.05) is 6.20 Å². The van der Waals surface area contributed by atoms with Crippen LogP contribution in [0.2, 0.25) is 0 Å². The van der Waals surface area contributed by atoms with E-state index in [0.717, 1.165) is 10.2 Å². The number of thiazole rings is 1. The summed E-state index contributed by atoms with van der Waals surface area (Å²) in [4.78, 5) is 20.9. The lowest BCUT2D eigenvalue weighted by atomic mass is 10.2. The van der Waals surface area contributed by atoms with Gasteiger partial charge in [-0.1, -0.05) is 17.4 Å². The Morgan fingerprint density at radius 3 is 3.05 bits per heavy atom. The highest BCUT2D eigenvalue weighted by Crippen LogP contribution is 2.27. The summed E-state index contributed by atoms with van der Waals surface area (Å²) < 4.78 is 6.43. The van der Waals surface area contributed by atoms with Crippen LogP contribution in [0.4, 0.5) is 5.13 Å². The summed E-state index contributed by atoms with van der Waals surface area (Å²) in [6.07, 6.45) is 1.60. The van der Waals surface area contributed by atoms with Crippen LogP contribution in [0.15, 0.2) is 36.5 Å². The van der Waals surface area contributed by atoms with E-state index in [4.69, 9.17) is 4.74 Å². The lowest BCUT2D eigenvalue weighted by Gasteiger charge is -2.07. The molecule has 3 rings (SSSR count). The Kier molecular flexibility index (Phi) is 4.02. The highest BCUT2D eigenvalue weighted by molar-refractivity contribution is 7.22. The Hall–Kier alpha value is -2.47. The summed E-state index contributed by atoms with van der Waals surface area (Å²) in [7, 11) is 0. The minimum Gasteiger partial charge on any atom is -0.477 e. The van der Waals surface area contributed by atoms with E-state index in [1.165, 1.54) is 16.9 Å². The first-order valence-electron chi connectivity index (χ1n) is 6.93. The number of benzene rings is 1. The predicted molar refractivity (Wildman–Crippen MR) is 87.7 cm³/mol. The van der Waals surface area contributed by atoms with Gasteiger partial charge in [-0.3, -0.25) is 10.1 Å². The standard InChI is InChI=1S/C16H15N3O2S/c1-3-21-15-11(5-4-8-17-15)14(20)19-16-18-12-7-6-10(2)9-13(12)22-16/h4-9H,3H2,1-2H3,(H,18,19,20). The van der Waals surface area contributed by atoms with E-state index in [2.05, 4.69) is 21.4 Å². The Labute approximate surface area is 132 Å². The quantitative estimate of drug-likeness (QED) is 0.798. The Balaban J connectivity index is 1.86. The molecule has 0 aliphatic carbocycles. The van der Waals surface area contributed by atoms with Crippen molar-refractivity contribution in [3.05, 3.63) is 47.7 Å². The number of hydrogen-bond acceptors (Lipinski definition) is 5. The number of hydrogen-bond donors (Lipinski definition) is 1. The van der Waals surface area contributed by atoms with Crippen molar-refractivity contribution in [2.45, 2.75) is 13.8 Å². The van der Waals surface area contributed by atoms with E-state index in [0.29, 0.717) is 23.2 Å². The van der Waals surface area contributed by atoms with E-state index >= 15 is 0 Å². The van der Waals surface area contributed by atoms with E-state index in [-0.39, 0.29) is 5.91 Å². The minimum atomic E-state index is -0.271. The van der Waals surface area contributed by atoms with Crippen LogP contribution in [0.1, 0.15) is 22.8 Å². The third-order valence-electron chi connectivity index (χ3n) is 3.06. The second-order valence-electron chi connectivity index (χ2n) is 4.73. The fraction of sp³-hybridized carbons (Fsp3) is 0.188. The first-order chi connectivity index (χ1) is 10.7. The first kappa shape index (κ1) is 14.5. The molecule has 0 atom stereocenters. The molecule has 112 valence electrons. The number of anilines is 1. The third-order valence-corrected chi connectivity index (χ3v) is 3.99. The summed E-state index contributed by atoms with van der Waals surface area (Å²) in [5, 5.41) is 3.38. The van der Waals surface area contributed by atoms with Gasteiger partial charge in [0.15, 0.2) is 5.13 Å². The van der Waals surface area contributed by atoms with E-state index in [1.807, 2.05) is 26.0 Å². The third kappa shape index (κ3) is 2.92. The second-order valence-corrected chi connectivity index (χ2v) is 5.76. The fourth-order valence-corrected chi connectivity index (χ4v) is 3.02. The lowest BCUT2D eigenvalue weighted by Crippen LogP contribution is -2.14. The molecule has 2 heterocycles. The number of fused-ring (bicyclic) bond motifs is 1. The van der Waals surface area contributed by atoms with E-state index in [1.54, 1.807) is 18.3 Å². The number of rotatable bonds is 4. The van der Waals surface area contributed by atoms with Gasteiger partial charge in [-0.05, 0) is 43.7 Å². The number of carbonyl (C=O) groups excluding carboxylic acids is 1. The van der Waals surface area contributed by atoms with Gasteiger partial charge < -0.3 is 4.74 Å². The molecule has 2 aromatic heterocycles. The average molecular weight is 313 g/mol. The number of carbonyl (C=O) groups is 1. The molecule has 1 N–H and O–H groups in total. The van der Waals surface area contributed by atoms with Gasteiger partial charge in [0.05, 0.1) is 16.8 Å². The van der Waals surface area contributed by atoms with Crippen molar-refractivity contribution in [1.82, 2.24) is 9.97 Å². The molecular weight excluding hydrogens is 298 g/mol. The molecule has 6 heteroatoms. The monoisotopic (exact) mass is 313 g/mol. The van der Waals surface area contributed by atoms with E-state index < -0.39 is 0 Å². The number of amides is 1. The zero-order chi connectivity index (χ0) is 15.5. The van der Waals surface area contributed by atoms with Crippen LogP contribution < -0.4 is 10.1 Å². The zero-order valence-corrected chi connectivity index (χ0v) is 13.1. The summed E-state index contributed by atoms with van der Waals surface area (Å²) in [5.41, 5.74) is 2.45.